The summed E-state index contributed by atoms with van der Waals surface area (Å²) in [6.45, 7) is 4.83. The van der Waals surface area contributed by atoms with Crippen molar-refractivity contribution in [1.29, 1.82) is 0 Å². The van der Waals surface area contributed by atoms with E-state index in [0.29, 0.717) is 0 Å². The molecule has 0 aromatic heterocycles. The van der Waals surface area contributed by atoms with Crippen LogP contribution in [0.3, 0.4) is 0 Å². The van der Waals surface area contributed by atoms with Crippen LogP contribution in [0.2, 0.25) is 0 Å². The van der Waals surface area contributed by atoms with Gasteiger partial charge in [-0.2, -0.15) is 0 Å². The monoisotopic (exact) mass is 388 g/mol. The Morgan fingerprint density at radius 1 is 1.24 bits per heavy atom. The van der Waals surface area contributed by atoms with Gasteiger partial charge in [0, 0.05) is 0 Å². The van der Waals surface area contributed by atoms with Gasteiger partial charge in [-0.15, -0.1) is 0 Å². The van der Waals surface area contributed by atoms with Crippen molar-refractivity contribution in [2.24, 2.45) is 0 Å². The number of rotatable bonds is 3. The Morgan fingerprint density at radius 3 is 2.90 bits per heavy atom. The van der Waals surface area contributed by atoms with E-state index in [1.165, 1.54) is 16.0 Å². The molecule has 3 heteroatoms. The molecule has 1 aromatic rings. The fourth-order valence-corrected chi connectivity index (χ4v) is 12.9. The van der Waals surface area contributed by atoms with E-state index < -0.39 is 23.2 Å². The molecule has 0 saturated heterocycles. The van der Waals surface area contributed by atoms with E-state index >= 15 is 0 Å². The molecule has 0 amide bonds. The molecular weight excluding hydrogens is 370 g/mol. The van der Waals surface area contributed by atoms with Crippen LogP contribution >= 0.6 is 19.7 Å². The fraction of sp³-hybridized carbons (Fsp3) is 0.222. The second kappa shape index (κ2) is 5.80. The van der Waals surface area contributed by atoms with Crippen molar-refractivity contribution in [3.05, 3.63) is 75.5 Å². The van der Waals surface area contributed by atoms with Crippen LogP contribution in [0.4, 0.5) is 0 Å². The topological polar surface area (TPSA) is 0 Å². The minimum atomic E-state index is -0.539. The van der Waals surface area contributed by atoms with Gasteiger partial charge < -0.3 is 2.85 Å². The zero-order valence-corrected chi connectivity index (χ0v) is 16.4. The van der Waals surface area contributed by atoms with Crippen LogP contribution in [0.1, 0.15) is 17.6 Å². The van der Waals surface area contributed by atoms with Gasteiger partial charge in [-0.1, -0.05) is 0 Å². The first-order valence-electron chi connectivity index (χ1n) is 7.23. The van der Waals surface area contributed by atoms with Crippen molar-refractivity contribution in [1.82, 2.24) is 0 Å². The Morgan fingerprint density at radius 2 is 2.10 bits per heavy atom. The summed E-state index contributed by atoms with van der Waals surface area (Å²) in [6, 6.07) is 9.07. The van der Waals surface area contributed by atoms with E-state index in [1.807, 2.05) is 0 Å². The normalized spacial score (nSPS) is 25.4. The molecule has 1 aromatic carbocycles. The van der Waals surface area contributed by atoms with Gasteiger partial charge in [0.25, 0.3) is 0 Å². The summed E-state index contributed by atoms with van der Waals surface area (Å²) in [5, 5.41) is 1.75. The number of hydrogen-bond acceptors (Lipinski definition) is 1. The molecule has 4 rings (SSSR count). The molecule has 1 aliphatic heterocycles. The van der Waals surface area contributed by atoms with Gasteiger partial charge in [0.2, 0.25) is 0 Å². The minimum absolute atomic E-state index is 0. The quantitative estimate of drug-likeness (QED) is 0.608. The molecule has 0 saturated carbocycles. The molecule has 0 N–H and O–H groups in total. The Labute approximate surface area is 146 Å². The van der Waals surface area contributed by atoms with E-state index in [0.717, 1.165) is 6.58 Å². The molecule has 2 unspecified atom stereocenters. The molecule has 2 atom stereocenters. The van der Waals surface area contributed by atoms with Gasteiger partial charge in [-0.05, 0) is 0 Å². The van der Waals surface area contributed by atoms with Crippen LogP contribution in [-0.2, 0) is 23.2 Å². The average molecular weight is 390 g/mol. The van der Waals surface area contributed by atoms with Gasteiger partial charge in [-0.25, -0.2) is 0 Å². The van der Waals surface area contributed by atoms with Gasteiger partial charge in [-0.3, -0.25) is 0 Å². The van der Waals surface area contributed by atoms with Crippen LogP contribution in [0, 0.1) is 0 Å². The number of thioether (sulfide) groups is 1. The molecule has 0 spiro atoms. The Bertz CT molecular complexity index is 721. The van der Waals surface area contributed by atoms with Crippen LogP contribution < -0.4 is 0 Å². The summed E-state index contributed by atoms with van der Waals surface area (Å²) in [4.78, 5) is 1.51. The van der Waals surface area contributed by atoms with Crippen LogP contribution in [-0.4, -0.2) is 16.3 Å². The van der Waals surface area contributed by atoms with Gasteiger partial charge in [0.1, 0.15) is 0 Å². The summed E-state index contributed by atoms with van der Waals surface area (Å²) in [7, 11) is 0.0258. The first-order valence-corrected chi connectivity index (χ1v) is 13.2. The molecule has 0 bridgehead atoms. The smallest absolute Gasteiger partial charge is 1.00 e. The molecule has 0 fully saturated rings. The third-order valence-electron chi connectivity index (χ3n) is 4.15. The third kappa shape index (κ3) is 2.65. The number of allylic oxidation sites excluding steroid dienone is 5. The largest absolute Gasteiger partial charge is 1.00 e. The zero-order valence-electron chi connectivity index (χ0n) is 14.2. The van der Waals surface area contributed by atoms with Crippen molar-refractivity contribution in [3.8, 4) is 0 Å². The Balaban J connectivity index is 0.000000960. The van der Waals surface area contributed by atoms with Crippen LogP contribution in [0.15, 0.2) is 64.4 Å². The second-order valence-electron chi connectivity index (χ2n) is 5.74. The number of benzene rings is 1. The van der Waals surface area contributed by atoms with E-state index in [1.54, 1.807) is 10.9 Å². The maximum absolute atomic E-state index is 2.54. The van der Waals surface area contributed by atoms with Crippen molar-refractivity contribution in [2.75, 3.05) is 13.3 Å². The first kappa shape index (κ1) is 14.4. The maximum atomic E-state index is 2.54. The predicted octanol–water partition coefficient (Wildman–Crippen LogP) is 5.58. The predicted molar refractivity (Wildman–Crippen MR) is 94.8 cm³/mol. The third-order valence-corrected chi connectivity index (χ3v) is 12.4. The van der Waals surface area contributed by atoms with Crippen LogP contribution in [0.25, 0.3) is 6.08 Å². The summed E-state index contributed by atoms with van der Waals surface area (Å²) < 4.78 is 1.60. The minimum Gasteiger partial charge on any atom is -1.00 e. The van der Waals surface area contributed by atoms with Crippen molar-refractivity contribution in [2.45, 2.75) is 6.58 Å². The van der Waals surface area contributed by atoms with Gasteiger partial charge >= 0.3 is 144 Å². The average Bonchev–Trinajstić information content (AvgIpc) is 3.12. The van der Waals surface area contributed by atoms with Crippen molar-refractivity contribution < 1.29 is 26.1 Å². The molecule has 21 heavy (non-hydrogen) atoms. The molecule has 0 nitrogen and oxygen atoms in total. The van der Waals surface area contributed by atoms with E-state index in [2.05, 4.69) is 79.7 Å². The molecule has 0 radical (unpaired) electrons. The van der Waals surface area contributed by atoms with E-state index in [9.17, 15) is 0 Å². The van der Waals surface area contributed by atoms with Gasteiger partial charge in [0.05, 0.1) is 0 Å². The van der Waals surface area contributed by atoms with Gasteiger partial charge in [0.15, 0.2) is 0 Å². The van der Waals surface area contributed by atoms with E-state index in [4.69, 9.17) is 0 Å². The Kier molecular flexibility index (Phi) is 3.99. The summed E-state index contributed by atoms with van der Waals surface area (Å²) in [5.74, 6) is 0. The molecular formula is C18H19PSZr. The molecule has 2 aliphatic carbocycles. The maximum Gasteiger partial charge on any atom is -1.00 e. The second-order valence-corrected chi connectivity index (χ2v) is 14.0. The molecule has 3 aliphatic rings. The SMILES string of the molecule is CP(C)C1=Cc2ccccc2[CH]1[Zr+2][CH]1C=C2C=CC=C2S1.[H-].[H-]. The van der Waals surface area contributed by atoms with E-state index in [-0.39, 0.29) is 10.8 Å². The standard InChI is InChI=1S/C11H12P.C7H5S.Zr.2H/c1-12(2)11-7-9-5-3-4-6-10(9)8-11;1-2-6-4-5-8-7(6)3-1;;;/h3-8H,1-2H3;1-5H;;;/q;;+2;2*-1. The zero-order chi connectivity index (χ0) is 14.4. The molecule has 1 heterocycles. The summed E-state index contributed by atoms with van der Waals surface area (Å²) in [5.41, 5.74) is 4.60. The number of fused-ring (bicyclic) bond motifs is 2. The van der Waals surface area contributed by atoms with Crippen molar-refractivity contribution in [3.63, 3.8) is 0 Å². The summed E-state index contributed by atoms with van der Waals surface area (Å²) in [6.07, 6.45) is 11.8. The van der Waals surface area contributed by atoms with Crippen molar-refractivity contribution >= 4 is 25.8 Å². The fourth-order valence-electron chi connectivity index (χ4n) is 3.11. The first-order chi connectivity index (χ1) is 10.2. The Hall–Kier alpha value is -0.157. The molecule has 106 valence electrons. The summed E-state index contributed by atoms with van der Waals surface area (Å²) >= 11 is 1.58. The number of hydrogen-bond donors (Lipinski definition) is 0. The van der Waals surface area contributed by atoms with Crippen LogP contribution in [0.5, 0.6) is 0 Å².